The van der Waals surface area contributed by atoms with Crippen molar-refractivity contribution in [1.29, 1.82) is 0 Å². The summed E-state index contributed by atoms with van der Waals surface area (Å²) in [4.78, 5) is 0. The Hall–Kier alpha value is -1.02. The van der Waals surface area contributed by atoms with Gasteiger partial charge in [0.1, 0.15) is 5.75 Å². The molecule has 2 heteroatoms. The molecular formula is C15H23NO. The average molecular weight is 233 g/mol. The molecule has 0 aromatic heterocycles. The van der Waals surface area contributed by atoms with Gasteiger partial charge in [0.25, 0.3) is 0 Å². The number of rotatable bonds is 2. The minimum Gasteiger partial charge on any atom is -0.496 e. The van der Waals surface area contributed by atoms with Gasteiger partial charge in [-0.1, -0.05) is 13.8 Å². The van der Waals surface area contributed by atoms with E-state index >= 15 is 0 Å². The van der Waals surface area contributed by atoms with Crippen LogP contribution in [0.4, 0.5) is 0 Å². The summed E-state index contributed by atoms with van der Waals surface area (Å²) < 4.78 is 5.46. The van der Waals surface area contributed by atoms with E-state index in [-0.39, 0.29) is 0 Å². The van der Waals surface area contributed by atoms with Crippen LogP contribution in [-0.2, 0) is 6.54 Å². The molecule has 0 amide bonds. The summed E-state index contributed by atoms with van der Waals surface area (Å²) in [7, 11) is 1.75. The second-order valence-corrected chi connectivity index (χ2v) is 5.39. The molecule has 0 spiro atoms. The predicted octanol–water partition coefficient (Wildman–Crippen LogP) is 3.15. The van der Waals surface area contributed by atoms with E-state index in [1.807, 2.05) is 0 Å². The van der Waals surface area contributed by atoms with Gasteiger partial charge in [-0.05, 0) is 54.0 Å². The highest BCUT2D eigenvalue weighted by Crippen LogP contribution is 2.37. The van der Waals surface area contributed by atoms with Crippen molar-refractivity contribution in [3.8, 4) is 5.75 Å². The minimum absolute atomic E-state index is 0.628. The summed E-state index contributed by atoms with van der Waals surface area (Å²) in [5.41, 5.74) is 5.68. The lowest BCUT2D eigenvalue weighted by molar-refractivity contribution is 0.402. The van der Waals surface area contributed by atoms with E-state index in [9.17, 15) is 0 Å². The third kappa shape index (κ3) is 2.06. The maximum Gasteiger partial charge on any atom is 0.122 e. The Labute approximate surface area is 104 Å². The van der Waals surface area contributed by atoms with Gasteiger partial charge in [-0.2, -0.15) is 0 Å². The fraction of sp³-hybridized carbons (Fsp3) is 0.600. The van der Waals surface area contributed by atoms with E-state index in [0.717, 1.165) is 18.8 Å². The molecule has 1 unspecified atom stereocenters. The Bertz CT molecular complexity index is 423. The van der Waals surface area contributed by atoms with Crippen LogP contribution < -0.4 is 10.1 Å². The van der Waals surface area contributed by atoms with Gasteiger partial charge in [0, 0.05) is 13.1 Å². The van der Waals surface area contributed by atoms with Crippen LogP contribution in [0.5, 0.6) is 5.75 Å². The van der Waals surface area contributed by atoms with Crippen LogP contribution in [0, 0.1) is 19.8 Å². The van der Waals surface area contributed by atoms with Crippen LogP contribution in [0.3, 0.4) is 0 Å². The van der Waals surface area contributed by atoms with Crippen molar-refractivity contribution >= 4 is 0 Å². The lowest BCUT2D eigenvalue weighted by atomic mass is 9.79. The average Bonchev–Trinajstić information content (AvgIpc) is 2.32. The third-order valence-electron chi connectivity index (χ3n) is 3.98. The quantitative estimate of drug-likeness (QED) is 0.847. The standard InChI is InChI=1S/C15H23NO/c1-9(2)12-7-16-8-13-11(4)14(17-5)6-10(3)15(12)13/h6,9,12,16H,7-8H2,1-5H3. The molecule has 2 rings (SSSR count). The van der Waals surface area contributed by atoms with Crippen LogP contribution in [0.25, 0.3) is 0 Å². The Morgan fingerprint density at radius 2 is 2.06 bits per heavy atom. The van der Waals surface area contributed by atoms with Crippen molar-refractivity contribution in [2.75, 3.05) is 13.7 Å². The number of aryl methyl sites for hydroxylation is 1. The van der Waals surface area contributed by atoms with Gasteiger partial charge < -0.3 is 10.1 Å². The van der Waals surface area contributed by atoms with E-state index in [1.165, 1.54) is 16.7 Å². The molecule has 1 heterocycles. The fourth-order valence-corrected chi connectivity index (χ4v) is 2.95. The van der Waals surface area contributed by atoms with E-state index in [4.69, 9.17) is 4.74 Å². The van der Waals surface area contributed by atoms with Crippen LogP contribution in [0.15, 0.2) is 6.07 Å². The smallest absolute Gasteiger partial charge is 0.122 e. The van der Waals surface area contributed by atoms with Crippen LogP contribution >= 0.6 is 0 Å². The number of ether oxygens (including phenoxy) is 1. The Balaban J connectivity index is 2.59. The molecule has 1 aromatic carbocycles. The Morgan fingerprint density at radius 1 is 1.35 bits per heavy atom. The lowest BCUT2D eigenvalue weighted by Gasteiger charge is -2.32. The van der Waals surface area contributed by atoms with Crippen LogP contribution in [0.2, 0.25) is 0 Å². The molecule has 1 N–H and O–H groups in total. The highest BCUT2D eigenvalue weighted by molar-refractivity contribution is 5.51. The fourth-order valence-electron chi connectivity index (χ4n) is 2.95. The summed E-state index contributed by atoms with van der Waals surface area (Å²) in [5.74, 6) is 2.32. The maximum absolute atomic E-state index is 5.46. The second kappa shape index (κ2) is 4.69. The number of hydrogen-bond donors (Lipinski definition) is 1. The first-order valence-corrected chi connectivity index (χ1v) is 6.44. The number of fused-ring (bicyclic) bond motifs is 1. The van der Waals surface area contributed by atoms with Gasteiger partial charge in [0.15, 0.2) is 0 Å². The van der Waals surface area contributed by atoms with Crippen molar-refractivity contribution in [3.63, 3.8) is 0 Å². The normalized spacial score (nSPS) is 19.3. The monoisotopic (exact) mass is 233 g/mol. The molecule has 0 radical (unpaired) electrons. The molecule has 2 nitrogen and oxygen atoms in total. The summed E-state index contributed by atoms with van der Waals surface area (Å²) in [5, 5.41) is 3.54. The number of hydrogen-bond acceptors (Lipinski definition) is 2. The molecule has 0 bridgehead atoms. The van der Waals surface area contributed by atoms with Gasteiger partial charge in [0.2, 0.25) is 0 Å². The molecule has 94 valence electrons. The molecule has 1 aromatic rings. The molecule has 0 aliphatic carbocycles. The van der Waals surface area contributed by atoms with Crippen LogP contribution in [0.1, 0.15) is 42.0 Å². The zero-order valence-electron chi connectivity index (χ0n) is 11.6. The molecule has 1 aliphatic rings. The van der Waals surface area contributed by atoms with Crippen LogP contribution in [-0.4, -0.2) is 13.7 Å². The highest BCUT2D eigenvalue weighted by Gasteiger charge is 2.26. The van der Waals surface area contributed by atoms with Gasteiger partial charge in [-0.25, -0.2) is 0 Å². The van der Waals surface area contributed by atoms with E-state index in [0.29, 0.717) is 11.8 Å². The summed E-state index contributed by atoms with van der Waals surface area (Å²) in [6.45, 7) is 11.1. The third-order valence-corrected chi connectivity index (χ3v) is 3.98. The zero-order valence-corrected chi connectivity index (χ0v) is 11.6. The number of nitrogens with one attached hydrogen (secondary N) is 1. The molecule has 1 aliphatic heterocycles. The topological polar surface area (TPSA) is 21.3 Å². The molecular weight excluding hydrogens is 210 g/mol. The number of benzene rings is 1. The maximum atomic E-state index is 5.46. The number of methoxy groups -OCH3 is 1. The lowest BCUT2D eigenvalue weighted by Crippen LogP contribution is -2.32. The summed E-state index contributed by atoms with van der Waals surface area (Å²) in [6.07, 6.45) is 0. The molecule has 0 fully saturated rings. The molecule has 0 saturated heterocycles. The molecule has 1 atom stereocenters. The van der Waals surface area contributed by atoms with Gasteiger partial charge >= 0.3 is 0 Å². The van der Waals surface area contributed by atoms with Crippen molar-refractivity contribution in [1.82, 2.24) is 5.32 Å². The SMILES string of the molecule is COc1cc(C)c2c(c1C)CNCC2C(C)C. The van der Waals surface area contributed by atoms with Crippen molar-refractivity contribution in [3.05, 3.63) is 28.3 Å². The first-order valence-electron chi connectivity index (χ1n) is 6.44. The second-order valence-electron chi connectivity index (χ2n) is 5.39. The molecule has 17 heavy (non-hydrogen) atoms. The van der Waals surface area contributed by atoms with E-state index in [1.54, 1.807) is 12.7 Å². The Morgan fingerprint density at radius 3 is 2.65 bits per heavy atom. The van der Waals surface area contributed by atoms with E-state index < -0.39 is 0 Å². The van der Waals surface area contributed by atoms with Crippen molar-refractivity contribution in [2.45, 2.75) is 40.2 Å². The van der Waals surface area contributed by atoms with Gasteiger partial charge in [-0.3, -0.25) is 0 Å². The van der Waals surface area contributed by atoms with Gasteiger partial charge in [0.05, 0.1) is 7.11 Å². The van der Waals surface area contributed by atoms with E-state index in [2.05, 4.69) is 39.1 Å². The highest BCUT2D eigenvalue weighted by atomic mass is 16.5. The largest absolute Gasteiger partial charge is 0.496 e. The predicted molar refractivity (Wildman–Crippen MR) is 71.8 cm³/mol. The minimum atomic E-state index is 0.628. The summed E-state index contributed by atoms with van der Waals surface area (Å²) in [6, 6.07) is 2.19. The summed E-state index contributed by atoms with van der Waals surface area (Å²) >= 11 is 0. The van der Waals surface area contributed by atoms with Crippen molar-refractivity contribution in [2.24, 2.45) is 5.92 Å². The molecule has 0 saturated carbocycles. The first kappa shape index (κ1) is 12.4. The zero-order chi connectivity index (χ0) is 12.6. The Kier molecular flexibility index (Phi) is 3.43. The first-order chi connectivity index (χ1) is 8.06. The van der Waals surface area contributed by atoms with Gasteiger partial charge in [-0.15, -0.1) is 0 Å². The van der Waals surface area contributed by atoms with Crippen molar-refractivity contribution < 1.29 is 4.74 Å².